The number of fused-ring (bicyclic) bond motifs is 1. The highest BCUT2D eigenvalue weighted by Crippen LogP contribution is 2.31. The Labute approximate surface area is 159 Å². The van der Waals surface area contributed by atoms with Crippen LogP contribution in [0.15, 0.2) is 29.1 Å². The molecule has 1 aliphatic heterocycles. The molecule has 1 aliphatic carbocycles. The van der Waals surface area contributed by atoms with E-state index >= 15 is 0 Å². The van der Waals surface area contributed by atoms with Crippen molar-refractivity contribution in [3.8, 4) is 0 Å². The zero-order valence-corrected chi connectivity index (χ0v) is 16.2. The van der Waals surface area contributed by atoms with Crippen molar-refractivity contribution in [2.45, 2.75) is 45.1 Å². The molecule has 0 saturated carbocycles. The Hall–Kier alpha value is -2.34. The van der Waals surface area contributed by atoms with Crippen molar-refractivity contribution in [3.63, 3.8) is 0 Å². The van der Waals surface area contributed by atoms with Crippen LogP contribution in [0.2, 0.25) is 0 Å². The first-order chi connectivity index (χ1) is 12.9. The van der Waals surface area contributed by atoms with Crippen LogP contribution in [0.1, 0.15) is 43.5 Å². The first-order valence-electron chi connectivity index (χ1n) is 9.87. The third-order valence-electron chi connectivity index (χ3n) is 5.66. The number of hydrogen-bond donors (Lipinski definition) is 2. The molecule has 1 fully saturated rings. The monoisotopic (exact) mass is 368 g/mol. The molecule has 0 spiro atoms. The van der Waals surface area contributed by atoms with Gasteiger partial charge in [0.05, 0.1) is 11.3 Å². The van der Waals surface area contributed by atoms with Crippen molar-refractivity contribution < 1.29 is 5.11 Å². The lowest BCUT2D eigenvalue weighted by Gasteiger charge is -2.38. The van der Waals surface area contributed by atoms with E-state index in [9.17, 15) is 9.90 Å². The van der Waals surface area contributed by atoms with E-state index in [1.165, 1.54) is 0 Å². The topological polar surface area (TPSA) is 72.5 Å². The Morgan fingerprint density at radius 3 is 2.44 bits per heavy atom. The fourth-order valence-corrected chi connectivity index (χ4v) is 4.17. The highest BCUT2D eigenvalue weighted by Gasteiger charge is 2.26. The second-order valence-electron chi connectivity index (χ2n) is 8.07. The molecule has 4 rings (SSSR count). The van der Waals surface area contributed by atoms with Gasteiger partial charge in [-0.3, -0.25) is 9.78 Å². The van der Waals surface area contributed by atoms with E-state index < -0.39 is 5.60 Å². The van der Waals surface area contributed by atoms with Gasteiger partial charge in [0, 0.05) is 43.0 Å². The summed E-state index contributed by atoms with van der Waals surface area (Å²) < 4.78 is 0. The molecule has 27 heavy (non-hydrogen) atoms. The smallest absolute Gasteiger partial charge is 0.255 e. The molecule has 0 unspecified atom stereocenters. The van der Waals surface area contributed by atoms with Crippen LogP contribution in [0, 0.1) is 0 Å². The number of nitrogens with zero attached hydrogens (tertiary/aromatic N) is 3. The summed E-state index contributed by atoms with van der Waals surface area (Å²) in [6.07, 6.45) is 3.95. The minimum Gasteiger partial charge on any atom is -0.386 e. The lowest BCUT2D eigenvalue weighted by Crippen LogP contribution is -2.48. The van der Waals surface area contributed by atoms with Gasteiger partial charge in [-0.05, 0) is 45.6 Å². The SMILES string of the molecule is CC(C)(O)c1ccccc1N1CCN(c2nc3c(c(=O)[nH]2)CCCC3)CC1. The summed E-state index contributed by atoms with van der Waals surface area (Å²) in [4.78, 5) is 24.6. The number of piperazine rings is 1. The molecule has 1 aromatic heterocycles. The number of aromatic amines is 1. The van der Waals surface area contributed by atoms with Gasteiger partial charge in [-0.25, -0.2) is 4.98 Å². The molecule has 2 N–H and O–H groups in total. The Morgan fingerprint density at radius 2 is 1.70 bits per heavy atom. The number of aliphatic hydroxyl groups is 1. The van der Waals surface area contributed by atoms with Crippen molar-refractivity contribution in [2.24, 2.45) is 0 Å². The van der Waals surface area contributed by atoms with Gasteiger partial charge in [0.1, 0.15) is 0 Å². The number of aromatic nitrogens is 2. The maximum Gasteiger partial charge on any atom is 0.255 e. The lowest BCUT2D eigenvalue weighted by molar-refractivity contribution is 0.0790. The number of H-pyrrole nitrogens is 1. The largest absolute Gasteiger partial charge is 0.386 e. The van der Waals surface area contributed by atoms with Gasteiger partial charge in [0.2, 0.25) is 5.95 Å². The standard InChI is InChI=1S/C21H28N4O2/c1-21(2,27)16-8-4-6-10-18(16)24-11-13-25(14-12-24)20-22-17-9-5-3-7-15(17)19(26)23-20/h4,6,8,10,27H,3,5,7,9,11-14H2,1-2H3,(H,22,23,26). The van der Waals surface area contributed by atoms with Crippen LogP contribution in [0.5, 0.6) is 0 Å². The summed E-state index contributed by atoms with van der Waals surface area (Å²) >= 11 is 0. The average Bonchev–Trinajstić information content (AvgIpc) is 2.67. The minimum absolute atomic E-state index is 0.0319. The van der Waals surface area contributed by atoms with Crippen molar-refractivity contribution >= 4 is 11.6 Å². The number of benzene rings is 1. The van der Waals surface area contributed by atoms with Crippen LogP contribution in [-0.2, 0) is 18.4 Å². The van der Waals surface area contributed by atoms with E-state index in [2.05, 4.69) is 20.9 Å². The maximum absolute atomic E-state index is 12.4. The van der Waals surface area contributed by atoms with Crippen LogP contribution < -0.4 is 15.4 Å². The van der Waals surface area contributed by atoms with Crippen LogP contribution in [0.25, 0.3) is 0 Å². The van der Waals surface area contributed by atoms with Crippen LogP contribution >= 0.6 is 0 Å². The highest BCUT2D eigenvalue weighted by atomic mass is 16.3. The molecule has 6 heteroatoms. The zero-order valence-electron chi connectivity index (χ0n) is 16.2. The average molecular weight is 368 g/mol. The summed E-state index contributed by atoms with van der Waals surface area (Å²) in [6, 6.07) is 8.04. The third-order valence-corrected chi connectivity index (χ3v) is 5.66. The Kier molecular flexibility index (Phi) is 4.68. The number of hydrogen-bond acceptors (Lipinski definition) is 5. The predicted octanol–water partition coefficient (Wildman–Crippen LogP) is 2.20. The molecule has 1 saturated heterocycles. The van der Waals surface area contributed by atoms with Gasteiger partial charge in [0.25, 0.3) is 5.56 Å². The molecule has 0 amide bonds. The molecular formula is C21H28N4O2. The number of aryl methyl sites for hydroxylation is 1. The number of anilines is 2. The highest BCUT2D eigenvalue weighted by molar-refractivity contribution is 5.57. The first-order valence-corrected chi connectivity index (χ1v) is 9.87. The second-order valence-corrected chi connectivity index (χ2v) is 8.07. The van der Waals surface area contributed by atoms with E-state index in [0.717, 1.165) is 74.4 Å². The maximum atomic E-state index is 12.4. The molecule has 144 valence electrons. The predicted molar refractivity (Wildman–Crippen MR) is 108 cm³/mol. The molecule has 0 radical (unpaired) electrons. The molecule has 2 aliphatic rings. The van der Waals surface area contributed by atoms with E-state index in [1.807, 2.05) is 32.0 Å². The van der Waals surface area contributed by atoms with E-state index in [1.54, 1.807) is 0 Å². The number of rotatable bonds is 3. The third kappa shape index (κ3) is 3.58. The molecule has 2 heterocycles. The van der Waals surface area contributed by atoms with Crippen molar-refractivity contribution in [1.82, 2.24) is 9.97 Å². The molecule has 0 bridgehead atoms. The van der Waals surface area contributed by atoms with Gasteiger partial charge < -0.3 is 14.9 Å². The zero-order chi connectivity index (χ0) is 19.0. The molecule has 0 atom stereocenters. The van der Waals surface area contributed by atoms with E-state index in [0.29, 0.717) is 5.95 Å². The number of para-hydroxylation sites is 1. The van der Waals surface area contributed by atoms with Gasteiger partial charge in [-0.2, -0.15) is 0 Å². The van der Waals surface area contributed by atoms with Crippen LogP contribution in [0.3, 0.4) is 0 Å². The van der Waals surface area contributed by atoms with Gasteiger partial charge in [0.15, 0.2) is 0 Å². The molecule has 2 aromatic rings. The Bertz CT molecular complexity index is 876. The molecular weight excluding hydrogens is 340 g/mol. The summed E-state index contributed by atoms with van der Waals surface area (Å²) in [5.74, 6) is 0.705. The van der Waals surface area contributed by atoms with Crippen molar-refractivity contribution in [2.75, 3.05) is 36.0 Å². The molecule has 6 nitrogen and oxygen atoms in total. The fourth-order valence-electron chi connectivity index (χ4n) is 4.17. The summed E-state index contributed by atoms with van der Waals surface area (Å²) in [5.41, 5.74) is 3.04. The molecule has 1 aromatic carbocycles. The Balaban J connectivity index is 1.52. The summed E-state index contributed by atoms with van der Waals surface area (Å²) in [6.45, 7) is 6.89. The minimum atomic E-state index is -0.876. The van der Waals surface area contributed by atoms with E-state index in [4.69, 9.17) is 4.98 Å². The van der Waals surface area contributed by atoms with Crippen molar-refractivity contribution in [1.29, 1.82) is 0 Å². The van der Waals surface area contributed by atoms with E-state index in [-0.39, 0.29) is 5.56 Å². The Morgan fingerprint density at radius 1 is 1.04 bits per heavy atom. The van der Waals surface area contributed by atoms with Crippen molar-refractivity contribution in [3.05, 3.63) is 51.4 Å². The van der Waals surface area contributed by atoms with Crippen LogP contribution in [0.4, 0.5) is 11.6 Å². The van der Waals surface area contributed by atoms with Gasteiger partial charge in [-0.15, -0.1) is 0 Å². The first kappa shape index (κ1) is 18.0. The van der Waals surface area contributed by atoms with Gasteiger partial charge >= 0.3 is 0 Å². The second kappa shape index (κ2) is 7.00. The van der Waals surface area contributed by atoms with Crippen LogP contribution in [-0.4, -0.2) is 41.3 Å². The van der Waals surface area contributed by atoms with Gasteiger partial charge in [-0.1, -0.05) is 18.2 Å². The summed E-state index contributed by atoms with van der Waals surface area (Å²) in [5, 5.41) is 10.5. The fraction of sp³-hybridized carbons (Fsp3) is 0.524. The summed E-state index contributed by atoms with van der Waals surface area (Å²) in [7, 11) is 0. The normalized spacial score (nSPS) is 17.7. The number of nitrogens with one attached hydrogen (secondary N) is 1. The quantitative estimate of drug-likeness (QED) is 0.869. The lowest BCUT2D eigenvalue weighted by atomic mass is 9.95.